The van der Waals surface area contributed by atoms with Gasteiger partial charge in [0.15, 0.2) is 24.7 Å². The van der Waals surface area contributed by atoms with Crippen molar-refractivity contribution in [3.63, 3.8) is 0 Å². The highest BCUT2D eigenvalue weighted by molar-refractivity contribution is 8.05. The second-order valence-electron chi connectivity index (χ2n) is 3.63. The summed E-state index contributed by atoms with van der Waals surface area (Å²) in [6, 6.07) is -1.88. The van der Waals surface area contributed by atoms with Crippen molar-refractivity contribution in [3.05, 3.63) is 24.0 Å². The molecule has 1 aliphatic heterocycles. The van der Waals surface area contributed by atoms with Crippen LogP contribution in [0.25, 0.3) is 0 Å². The topological polar surface area (TPSA) is 92.7 Å². The van der Waals surface area contributed by atoms with Gasteiger partial charge in [-0.25, -0.2) is 16.8 Å². The summed E-state index contributed by atoms with van der Waals surface area (Å²) in [6.07, 6.45) is -4.26. The largest absolute Gasteiger partial charge is 0.410 e. The third-order valence-electron chi connectivity index (χ3n) is 2.01. The first-order valence-electron chi connectivity index (χ1n) is 4.92. The van der Waals surface area contributed by atoms with Crippen LogP contribution in [0.15, 0.2) is 29.1 Å². The first-order chi connectivity index (χ1) is 8.83. The third kappa shape index (κ3) is 6.19. The van der Waals surface area contributed by atoms with E-state index in [9.17, 15) is 30.0 Å². The molecule has 0 spiro atoms. The molecule has 0 saturated carbocycles. The first kappa shape index (κ1) is 18.6. The van der Waals surface area contributed by atoms with E-state index in [4.69, 9.17) is 0 Å². The Morgan fingerprint density at radius 2 is 1.70 bits per heavy atom. The lowest BCUT2D eigenvalue weighted by molar-refractivity contribution is -0.151. The third-order valence-corrected chi connectivity index (χ3v) is 4.05. The standard InChI is InChI=1S/C5H7F3N2O2S.C4H6O2S/c1-13(11,12)4-2-3(9-10-4)5(6,7)8;1-3-7(5,6)4-2/h3,9H,2H2,1H3;3-4H,1-2H2. The molecule has 11 heteroatoms. The van der Waals surface area contributed by atoms with Crippen molar-refractivity contribution in [1.29, 1.82) is 0 Å². The van der Waals surface area contributed by atoms with Crippen LogP contribution in [0.2, 0.25) is 0 Å². The average Bonchev–Trinajstić information content (AvgIpc) is 2.78. The second-order valence-corrected chi connectivity index (χ2v) is 7.49. The molecule has 116 valence electrons. The number of alkyl halides is 3. The van der Waals surface area contributed by atoms with E-state index in [2.05, 4.69) is 18.3 Å². The fourth-order valence-corrected chi connectivity index (χ4v) is 1.73. The van der Waals surface area contributed by atoms with Gasteiger partial charge >= 0.3 is 6.18 Å². The summed E-state index contributed by atoms with van der Waals surface area (Å²) >= 11 is 0. The Bertz CT molecular complexity index is 592. The van der Waals surface area contributed by atoms with E-state index in [1.807, 2.05) is 0 Å². The van der Waals surface area contributed by atoms with Gasteiger partial charge in [-0.15, -0.1) is 0 Å². The summed E-state index contributed by atoms with van der Waals surface area (Å²) in [6.45, 7) is 6.09. The SMILES string of the molecule is C=CS(=O)(=O)C=C.CS(=O)(=O)C1=NNC(C(F)(F)F)C1. The van der Waals surface area contributed by atoms with Crippen LogP contribution < -0.4 is 5.43 Å². The molecule has 6 nitrogen and oxygen atoms in total. The summed E-state index contributed by atoms with van der Waals surface area (Å²) < 4.78 is 77.8. The lowest BCUT2D eigenvalue weighted by Gasteiger charge is -2.12. The van der Waals surface area contributed by atoms with Crippen molar-refractivity contribution in [1.82, 2.24) is 5.43 Å². The van der Waals surface area contributed by atoms with E-state index in [1.54, 1.807) is 5.43 Å². The predicted octanol–water partition coefficient (Wildman–Crippen LogP) is 0.957. The molecule has 0 radical (unpaired) electrons. The fraction of sp³-hybridized carbons (Fsp3) is 0.444. The molecule has 1 unspecified atom stereocenters. The molecule has 1 N–H and O–H groups in total. The normalized spacial score (nSPS) is 19.2. The Labute approximate surface area is 114 Å². The summed E-state index contributed by atoms with van der Waals surface area (Å²) in [5.74, 6) is 0. The molecule has 1 aliphatic rings. The Morgan fingerprint density at radius 3 is 1.85 bits per heavy atom. The Hall–Kier alpha value is -1.36. The molecule has 0 aliphatic carbocycles. The van der Waals surface area contributed by atoms with Gasteiger partial charge in [0.1, 0.15) is 6.04 Å². The highest BCUT2D eigenvalue weighted by Crippen LogP contribution is 2.26. The van der Waals surface area contributed by atoms with Crippen molar-refractivity contribution in [2.75, 3.05) is 6.26 Å². The minimum absolute atomic E-state index is 0.449. The van der Waals surface area contributed by atoms with E-state index in [-0.39, 0.29) is 0 Å². The summed E-state index contributed by atoms with van der Waals surface area (Å²) in [7, 11) is -6.74. The monoisotopic (exact) mass is 334 g/mol. The van der Waals surface area contributed by atoms with Crippen LogP contribution >= 0.6 is 0 Å². The molecular formula is C9H13F3N2O4S2. The van der Waals surface area contributed by atoms with E-state index in [1.165, 1.54) is 0 Å². The maximum Gasteiger partial charge on any atom is 0.410 e. The van der Waals surface area contributed by atoms with Gasteiger partial charge in [-0.3, -0.25) is 5.43 Å². The summed E-state index contributed by atoms with van der Waals surface area (Å²) in [5.41, 5.74) is 1.74. The number of hydrazone groups is 1. The van der Waals surface area contributed by atoms with Gasteiger partial charge in [-0.2, -0.15) is 18.3 Å². The van der Waals surface area contributed by atoms with Crippen LogP contribution in [0.5, 0.6) is 0 Å². The molecular weight excluding hydrogens is 321 g/mol. The molecule has 0 saturated heterocycles. The highest BCUT2D eigenvalue weighted by Gasteiger charge is 2.44. The van der Waals surface area contributed by atoms with Crippen LogP contribution in [0.4, 0.5) is 13.2 Å². The zero-order valence-electron chi connectivity index (χ0n) is 10.4. The molecule has 20 heavy (non-hydrogen) atoms. The van der Waals surface area contributed by atoms with E-state index in [0.29, 0.717) is 0 Å². The average molecular weight is 334 g/mol. The molecule has 0 amide bonds. The van der Waals surface area contributed by atoms with Gasteiger partial charge in [0, 0.05) is 23.5 Å². The molecule has 0 aromatic carbocycles. The van der Waals surface area contributed by atoms with Crippen molar-refractivity contribution in [2.24, 2.45) is 5.10 Å². The molecule has 1 rings (SSSR count). The number of sulfone groups is 2. The Morgan fingerprint density at radius 1 is 1.25 bits per heavy atom. The summed E-state index contributed by atoms with van der Waals surface area (Å²) in [5, 5.41) is 4.36. The van der Waals surface area contributed by atoms with Crippen LogP contribution in [-0.2, 0) is 19.7 Å². The Kier molecular flexibility index (Phi) is 5.96. The van der Waals surface area contributed by atoms with E-state index < -0.39 is 43.4 Å². The lowest BCUT2D eigenvalue weighted by Crippen LogP contribution is -2.36. The van der Waals surface area contributed by atoms with Crippen molar-refractivity contribution in [3.8, 4) is 0 Å². The van der Waals surface area contributed by atoms with Crippen molar-refractivity contribution < 1.29 is 30.0 Å². The van der Waals surface area contributed by atoms with Crippen LogP contribution in [0.3, 0.4) is 0 Å². The molecule has 0 aromatic rings. The minimum atomic E-state index is -4.46. The lowest BCUT2D eigenvalue weighted by atomic mass is 10.2. The van der Waals surface area contributed by atoms with Crippen LogP contribution in [0.1, 0.15) is 6.42 Å². The first-order valence-corrected chi connectivity index (χ1v) is 8.42. The molecule has 1 heterocycles. The number of rotatable bonds is 2. The van der Waals surface area contributed by atoms with Gasteiger partial charge in [-0.05, 0) is 0 Å². The molecule has 0 fully saturated rings. The minimum Gasteiger partial charge on any atom is -0.296 e. The van der Waals surface area contributed by atoms with Gasteiger partial charge in [0.25, 0.3) is 0 Å². The van der Waals surface area contributed by atoms with E-state index in [0.717, 1.165) is 17.1 Å². The smallest absolute Gasteiger partial charge is 0.296 e. The molecule has 1 atom stereocenters. The number of hydrogen-bond acceptors (Lipinski definition) is 6. The fourth-order valence-electron chi connectivity index (χ4n) is 0.907. The zero-order chi connectivity index (χ0) is 16.2. The van der Waals surface area contributed by atoms with Crippen LogP contribution in [-0.4, -0.2) is 40.4 Å². The number of nitrogens with zero attached hydrogens (tertiary/aromatic N) is 1. The van der Waals surface area contributed by atoms with Crippen LogP contribution in [0, 0.1) is 0 Å². The second kappa shape index (κ2) is 6.39. The Balaban J connectivity index is 0.000000441. The maximum absolute atomic E-state index is 12.0. The van der Waals surface area contributed by atoms with Crippen molar-refractivity contribution in [2.45, 2.75) is 18.6 Å². The zero-order valence-corrected chi connectivity index (χ0v) is 12.0. The van der Waals surface area contributed by atoms with Gasteiger partial charge < -0.3 is 0 Å². The van der Waals surface area contributed by atoms with Gasteiger partial charge in [-0.1, -0.05) is 13.2 Å². The maximum atomic E-state index is 12.0. The van der Waals surface area contributed by atoms with Crippen molar-refractivity contribution >= 4 is 24.7 Å². The molecule has 0 bridgehead atoms. The van der Waals surface area contributed by atoms with E-state index >= 15 is 0 Å². The summed E-state index contributed by atoms with van der Waals surface area (Å²) in [4.78, 5) is 0. The number of halogens is 3. The number of nitrogens with one attached hydrogen (secondary N) is 1. The van der Waals surface area contributed by atoms with Gasteiger partial charge in [0.2, 0.25) is 0 Å². The van der Waals surface area contributed by atoms with Gasteiger partial charge in [0.05, 0.1) is 0 Å². The highest BCUT2D eigenvalue weighted by atomic mass is 32.2. The quantitative estimate of drug-likeness (QED) is 0.812. The number of hydrogen-bond donors (Lipinski definition) is 1. The predicted molar refractivity (Wildman–Crippen MR) is 69.2 cm³/mol. The molecule has 0 aromatic heterocycles.